The van der Waals surface area contributed by atoms with E-state index in [9.17, 15) is 4.79 Å². The topological polar surface area (TPSA) is 34.0 Å². The SMILES string of the molecule is CC(C)c1ccc(CNC(=O)c2cc(Br)cn2C)cc1. The van der Waals surface area contributed by atoms with Crippen molar-refractivity contribution in [2.45, 2.75) is 26.3 Å². The molecule has 4 heteroatoms. The van der Waals surface area contributed by atoms with Gasteiger partial charge in [0.2, 0.25) is 0 Å². The molecule has 2 aromatic rings. The van der Waals surface area contributed by atoms with Crippen molar-refractivity contribution in [1.82, 2.24) is 9.88 Å². The van der Waals surface area contributed by atoms with Gasteiger partial charge >= 0.3 is 0 Å². The maximum atomic E-state index is 12.1. The molecule has 3 nitrogen and oxygen atoms in total. The second-order valence-corrected chi connectivity index (χ2v) is 6.15. The summed E-state index contributed by atoms with van der Waals surface area (Å²) in [4.78, 5) is 12.1. The van der Waals surface area contributed by atoms with Gasteiger partial charge in [-0.25, -0.2) is 0 Å². The molecule has 0 spiro atoms. The number of halogens is 1. The van der Waals surface area contributed by atoms with E-state index in [1.165, 1.54) is 5.56 Å². The highest BCUT2D eigenvalue weighted by atomic mass is 79.9. The third-order valence-electron chi connectivity index (χ3n) is 3.30. The third kappa shape index (κ3) is 3.51. The summed E-state index contributed by atoms with van der Waals surface area (Å²) in [5.41, 5.74) is 3.07. The molecule has 0 saturated carbocycles. The lowest BCUT2D eigenvalue weighted by atomic mass is 10.0. The van der Waals surface area contributed by atoms with Crippen LogP contribution in [0.3, 0.4) is 0 Å². The number of aromatic nitrogens is 1. The van der Waals surface area contributed by atoms with E-state index in [0.717, 1.165) is 10.0 Å². The number of nitrogens with one attached hydrogen (secondary N) is 1. The number of carbonyl (C=O) groups excluding carboxylic acids is 1. The molecule has 2 rings (SSSR count). The minimum atomic E-state index is -0.0638. The molecule has 0 bridgehead atoms. The van der Waals surface area contributed by atoms with Crippen LogP contribution in [0.1, 0.15) is 41.4 Å². The first-order valence-corrected chi connectivity index (χ1v) is 7.45. The average Bonchev–Trinajstić information content (AvgIpc) is 2.75. The van der Waals surface area contributed by atoms with Crippen molar-refractivity contribution in [3.8, 4) is 0 Å². The van der Waals surface area contributed by atoms with Crippen LogP contribution in [0, 0.1) is 0 Å². The molecule has 20 heavy (non-hydrogen) atoms. The number of hydrogen-bond acceptors (Lipinski definition) is 1. The third-order valence-corrected chi connectivity index (χ3v) is 3.74. The quantitative estimate of drug-likeness (QED) is 0.905. The lowest BCUT2D eigenvalue weighted by Crippen LogP contribution is -2.24. The highest BCUT2D eigenvalue weighted by Crippen LogP contribution is 2.15. The minimum absolute atomic E-state index is 0.0638. The first kappa shape index (κ1) is 14.9. The predicted molar refractivity (Wildman–Crippen MR) is 84.8 cm³/mol. The molecular weight excluding hydrogens is 316 g/mol. The lowest BCUT2D eigenvalue weighted by Gasteiger charge is -2.08. The van der Waals surface area contributed by atoms with E-state index in [4.69, 9.17) is 0 Å². The van der Waals surface area contributed by atoms with Crippen molar-refractivity contribution >= 4 is 21.8 Å². The molecule has 0 atom stereocenters. The Bertz CT molecular complexity index is 599. The van der Waals surface area contributed by atoms with Crippen LogP contribution >= 0.6 is 15.9 Å². The van der Waals surface area contributed by atoms with Gasteiger partial charge < -0.3 is 9.88 Å². The molecule has 0 unspecified atom stereocenters. The molecule has 0 saturated heterocycles. The maximum absolute atomic E-state index is 12.1. The van der Waals surface area contributed by atoms with E-state index in [-0.39, 0.29) is 5.91 Å². The Morgan fingerprint density at radius 3 is 2.45 bits per heavy atom. The number of hydrogen-bond donors (Lipinski definition) is 1. The highest BCUT2D eigenvalue weighted by Gasteiger charge is 2.10. The summed E-state index contributed by atoms with van der Waals surface area (Å²) in [6, 6.07) is 10.2. The zero-order chi connectivity index (χ0) is 14.7. The van der Waals surface area contributed by atoms with Gasteiger partial charge in [-0.15, -0.1) is 0 Å². The largest absolute Gasteiger partial charge is 0.347 e. The summed E-state index contributed by atoms with van der Waals surface area (Å²) in [6.07, 6.45) is 1.87. The fraction of sp³-hybridized carbons (Fsp3) is 0.312. The van der Waals surface area contributed by atoms with Crippen LogP contribution in [0.5, 0.6) is 0 Å². The van der Waals surface area contributed by atoms with Crippen molar-refractivity contribution < 1.29 is 4.79 Å². The zero-order valence-corrected chi connectivity index (χ0v) is 13.6. The van der Waals surface area contributed by atoms with Crippen LogP contribution in [0.2, 0.25) is 0 Å². The van der Waals surface area contributed by atoms with Crippen LogP contribution in [0.15, 0.2) is 41.0 Å². The Morgan fingerprint density at radius 1 is 1.30 bits per heavy atom. The molecule has 0 fully saturated rings. The van der Waals surface area contributed by atoms with Crippen molar-refractivity contribution in [2.24, 2.45) is 7.05 Å². The van der Waals surface area contributed by atoms with Crippen LogP contribution in [0.4, 0.5) is 0 Å². The average molecular weight is 335 g/mol. The first-order chi connectivity index (χ1) is 9.47. The molecule has 1 N–H and O–H groups in total. The van der Waals surface area contributed by atoms with Crippen molar-refractivity contribution in [1.29, 1.82) is 0 Å². The smallest absolute Gasteiger partial charge is 0.268 e. The lowest BCUT2D eigenvalue weighted by molar-refractivity contribution is 0.0943. The number of carbonyl (C=O) groups is 1. The zero-order valence-electron chi connectivity index (χ0n) is 12.0. The van der Waals surface area contributed by atoms with Gasteiger partial charge in [-0.05, 0) is 39.0 Å². The molecule has 0 radical (unpaired) electrons. The van der Waals surface area contributed by atoms with Gasteiger partial charge in [0.1, 0.15) is 5.69 Å². The normalized spacial score (nSPS) is 10.8. The molecule has 106 valence electrons. The number of aryl methyl sites for hydroxylation is 1. The fourth-order valence-corrected chi connectivity index (χ4v) is 2.57. The number of rotatable bonds is 4. The molecule has 0 aliphatic carbocycles. The summed E-state index contributed by atoms with van der Waals surface area (Å²) in [6.45, 7) is 4.88. The number of benzene rings is 1. The van der Waals surface area contributed by atoms with Crippen molar-refractivity contribution in [3.05, 3.63) is 57.8 Å². The minimum Gasteiger partial charge on any atom is -0.347 e. The summed E-state index contributed by atoms with van der Waals surface area (Å²) in [5, 5.41) is 2.94. The maximum Gasteiger partial charge on any atom is 0.268 e. The van der Waals surface area contributed by atoms with Gasteiger partial charge in [-0.1, -0.05) is 38.1 Å². The number of amides is 1. The molecule has 0 aliphatic rings. The molecule has 1 amide bonds. The second-order valence-electron chi connectivity index (χ2n) is 5.23. The van der Waals surface area contributed by atoms with Crippen LogP contribution in [0.25, 0.3) is 0 Å². The van der Waals surface area contributed by atoms with Crippen LogP contribution < -0.4 is 5.32 Å². The van der Waals surface area contributed by atoms with Gasteiger partial charge in [-0.2, -0.15) is 0 Å². The van der Waals surface area contributed by atoms with E-state index >= 15 is 0 Å². The monoisotopic (exact) mass is 334 g/mol. The van der Waals surface area contributed by atoms with Gasteiger partial charge in [0.05, 0.1) is 0 Å². The standard InChI is InChI=1S/C16H19BrN2O/c1-11(2)13-6-4-12(5-7-13)9-18-16(20)15-8-14(17)10-19(15)3/h4-8,10-11H,9H2,1-3H3,(H,18,20). The van der Waals surface area contributed by atoms with Gasteiger partial charge in [0, 0.05) is 24.3 Å². The predicted octanol–water partition coefficient (Wildman–Crippen LogP) is 3.84. The summed E-state index contributed by atoms with van der Waals surface area (Å²) in [5.74, 6) is 0.463. The number of nitrogens with zero attached hydrogens (tertiary/aromatic N) is 1. The molecule has 0 aliphatic heterocycles. The van der Waals surface area contributed by atoms with E-state index in [1.54, 1.807) is 4.57 Å². The Morgan fingerprint density at radius 2 is 1.95 bits per heavy atom. The highest BCUT2D eigenvalue weighted by molar-refractivity contribution is 9.10. The Hall–Kier alpha value is -1.55. The van der Waals surface area contributed by atoms with Gasteiger partial charge in [0.15, 0.2) is 0 Å². The second kappa shape index (κ2) is 6.27. The van der Waals surface area contributed by atoms with Crippen molar-refractivity contribution in [2.75, 3.05) is 0 Å². The fourth-order valence-electron chi connectivity index (χ4n) is 2.04. The van der Waals surface area contributed by atoms with Gasteiger partial charge in [-0.3, -0.25) is 4.79 Å². The van der Waals surface area contributed by atoms with Crippen LogP contribution in [-0.2, 0) is 13.6 Å². The van der Waals surface area contributed by atoms with E-state index in [0.29, 0.717) is 18.2 Å². The van der Waals surface area contributed by atoms with E-state index < -0.39 is 0 Å². The van der Waals surface area contributed by atoms with Crippen molar-refractivity contribution in [3.63, 3.8) is 0 Å². The molecular formula is C16H19BrN2O. The summed E-state index contributed by atoms with van der Waals surface area (Å²) in [7, 11) is 1.86. The Labute approximate surface area is 128 Å². The first-order valence-electron chi connectivity index (χ1n) is 6.66. The Kier molecular flexibility index (Phi) is 4.65. The molecule has 1 aromatic carbocycles. The molecule has 1 aromatic heterocycles. The summed E-state index contributed by atoms with van der Waals surface area (Å²) < 4.78 is 2.72. The van der Waals surface area contributed by atoms with Crippen LogP contribution in [-0.4, -0.2) is 10.5 Å². The molecule has 1 heterocycles. The van der Waals surface area contributed by atoms with E-state index in [2.05, 4.69) is 59.4 Å². The Balaban J connectivity index is 1.98. The summed E-state index contributed by atoms with van der Waals surface area (Å²) >= 11 is 3.37. The van der Waals surface area contributed by atoms with Gasteiger partial charge in [0.25, 0.3) is 5.91 Å². The van der Waals surface area contributed by atoms with E-state index in [1.807, 2.05) is 19.3 Å².